The van der Waals surface area contributed by atoms with Crippen molar-refractivity contribution in [3.8, 4) is 0 Å². The third kappa shape index (κ3) is 5.83. The molecule has 0 radical (unpaired) electrons. The Hall–Kier alpha value is -1.04. The largest absolute Gasteiger partial charge is 0.389 e. The van der Waals surface area contributed by atoms with Crippen LogP contribution in [0.25, 0.3) is 0 Å². The number of benzene rings is 1. The summed E-state index contributed by atoms with van der Waals surface area (Å²) >= 11 is 0. The van der Waals surface area contributed by atoms with E-state index in [0.717, 1.165) is 13.8 Å². The lowest BCUT2D eigenvalue weighted by Crippen LogP contribution is -2.48. The zero-order chi connectivity index (χ0) is 18.1. The Morgan fingerprint density at radius 2 is 1.48 bits per heavy atom. The first kappa shape index (κ1) is 20.0. The molecule has 0 bridgehead atoms. The van der Waals surface area contributed by atoms with Crippen molar-refractivity contribution in [2.24, 2.45) is 0 Å². The second-order valence-electron chi connectivity index (χ2n) is 5.99. The minimum Gasteiger partial charge on any atom is -0.389 e. The van der Waals surface area contributed by atoms with E-state index >= 15 is 0 Å². The first-order valence-electron chi connectivity index (χ1n) is 6.57. The Morgan fingerprint density at radius 1 is 1.00 bits per heavy atom. The number of rotatable bonds is 7. The smallest absolute Gasteiger partial charge is 0.270 e. The van der Waals surface area contributed by atoms with Gasteiger partial charge in [0.15, 0.2) is 0 Å². The standard InChI is InChI=1S/C13H20O8S2/c1-12(2,14)11(23(19,20)21)8-13(15,9-22(16,17)18)10-6-4-3-5-7-10/h3-7,11,14-15H,8-9H2,1-2H3,(H,16,17,18)(H,19,20,21). The molecule has 0 saturated carbocycles. The fourth-order valence-corrected chi connectivity index (χ4v) is 4.44. The van der Waals surface area contributed by atoms with E-state index in [9.17, 15) is 31.6 Å². The van der Waals surface area contributed by atoms with E-state index in [1.807, 2.05) is 0 Å². The Labute approximate surface area is 135 Å². The topological polar surface area (TPSA) is 149 Å². The van der Waals surface area contributed by atoms with Gasteiger partial charge in [0.05, 0.1) is 5.60 Å². The predicted octanol–water partition coefficient (Wildman–Crippen LogP) is 0.179. The van der Waals surface area contributed by atoms with Crippen LogP contribution in [-0.2, 0) is 25.8 Å². The highest BCUT2D eigenvalue weighted by Gasteiger charge is 2.46. The zero-order valence-corrected chi connectivity index (χ0v) is 14.2. The Bertz CT molecular complexity index is 734. The fraction of sp³-hybridized carbons (Fsp3) is 0.538. The molecule has 1 aromatic rings. The van der Waals surface area contributed by atoms with E-state index in [0.29, 0.717) is 0 Å². The molecule has 0 amide bonds. The lowest BCUT2D eigenvalue weighted by atomic mass is 9.86. The summed E-state index contributed by atoms with van der Waals surface area (Å²) in [6.45, 7) is 2.20. The van der Waals surface area contributed by atoms with Crippen LogP contribution in [-0.4, -0.2) is 52.8 Å². The summed E-state index contributed by atoms with van der Waals surface area (Å²) in [4.78, 5) is 0. The van der Waals surface area contributed by atoms with E-state index < -0.39 is 48.9 Å². The minimum absolute atomic E-state index is 0.0236. The maximum Gasteiger partial charge on any atom is 0.270 e. The van der Waals surface area contributed by atoms with Gasteiger partial charge in [0.25, 0.3) is 20.2 Å². The van der Waals surface area contributed by atoms with Crippen LogP contribution in [0.1, 0.15) is 25.8 Å². The van der Waals surface area contributed by atoms with Gasteiger partial charge >= 0.3 is 0 Å². The SMILES string of the molecule is CC(C)(O)C(CC(O)(CS(=O)(=O)O)c1ccccc1)S(=O)(=O)O. The third-order valence-corrected chi connectivity index (χ3v) is 5.71. The lowest BCUT2D eigenvalue weighted by molar-refractivity contribution is 0.00611. The maximum absolute atomic E-state index is 11.5. The predicted molar refractivity (Wildman–Crippen MR) is 83.0 cm³/mol. The number of hydrogen-bond acceptors (Lipinski definition) is 6. The molecule has 4 N–H and O–H groups in total. The zero-order valence-electron chi connectivity index (χ0n) is 12.6. The van der Waals surface area contributed by atoms with Gasteiger partial charge in [-0.05, 0) is 19.4 Å². The van der Waals surface area contributed by atoms with E-state index in [2.05, 4.69) is 0 Å². The molecule has 8 nitrogen and oxygen atoms in total. The van der Waals surface area contributed by atoms with Gasteiger partial charge in [-0.3, -0.25) is 9.11 Å². The van der Waals surface area contributed by atoms with Crippen molar-refractivity contribution in [1.29, 1.82) is 0 Å². The molecule has 0 fully saturated rings. The highest BCUT2D eigenvalue weighted by atomic mass is 32.2. The number of hydrogen-bond donors (Lipinski definition) is 4. The van der Waals surface area contributed by atoms with Gasteiger partial charge in [-0.2, -0.15) is 16.8 Å². The molecule has 0 aromatic heterocycles. The fourth-order valence-electron chi connectivity index (χ4n) is 2.34. The molecule has 132 valence electrons. The van der Waals surface area contributed by atoms with Gasteiger partial charge in [0.2, 0.25) is 0 Å². The van der Waals surface area contributed by atoms with Crippen molar-refractivity contribution >= 4 is 20.2 Å². The molecule has 1 aromatic carbocycles. The molecule has 0 heterocycles. The molecule has 23 heavy (non-hydrogen) atoms. The monoisotopic (exact) mass is 368 g/mol. The lowest BCUT2D eigenvalue weighted by Gasteiger charge is -2.35. The van der Waals surface area contributed by atoms with Crippen LogP contribution in [0.5, 0.6) is 0 Å². The molecular weight excluding hydrogens is 348 g/mol. The van der Waals surface area contributed by atoms with Gasteiger partial charge in [-0.15, -0.1) is 0 Å². The maximum atomic E-state index is 11.5. The summed E-state index contributed by atoms with van der Waals surface area (Å²) in [5.41, 5.74) is -4.26. The normalized spacial score (nSPS) is 17.5. The van der Waals surface area contributed by atoms with Gasteiger partial charge in [0, 0.05) is 6.42 Å². The average Bonchev–Trinajstić information content (AvgIpc) is 2.32. The summed E-state index contributed by atoms with van der Waals surface area (Å²) in [6, 6.07) is 7.24. The molecule has 0 aliphatic heterocycles. The van der Waals surface area contributed by atoms with Crippen molar-refractivity contribution in [1.82, 2.24) is 0 Å². The molecule has 10 heteroatoms. The summed E-state index contributed by atoms with van der Waals surface area (Å²) in [5.74, 6) is -1.19. The van der Waals surface area contributed by atoms with Crippen LogP contribution >= 0.6 is 0 Å². The molecule has 0 aliphatic rings. The van der Waals surface area contributed by atoms with E-state index in [-0.39, 0.29) is 5.56 Å². The van der Waals surface area contributed by atoms with Crippen LogP contribution < -0.4 is 0 Å². The Kier molecular flexibility index (Phi) is 5.62. The second-order valence-corrected chi connectivity index (χ2v) is 9.04. The third-order valence-electron chi connectivity index (χ3n) is 3.40. The van der Waals surface area contributed by atoms with Crippen LogP contribution in [0, 0.1) is 0 Å². The first-order valence-corrected chi connectivity index (χ1v) is 9.68. The van der Waals surface area contributed by atoms with Gasteiger partial charge in [0.1, 0.15) is 16.6 Å². The van der Waals surface area contributed by atoms with Crippen molar-refractivity contribution in [2.45, 2.75) is 36.7 Å². The van der Waals surface area contributed by atoms with Gasteiger partial charge < -0.3 is 10.2 Å². The highest BCUT2D eigenvalue weighted by Crippen LogP contribution is 2.33. The molecule has 1 rings (SSSR count). The minimum atomic E-state index is -4.81. The van der Waals surface area contributed by atoms with Gasteiger partial charge in [-0.25, -0.2) is 0 Å². The average molecular weight is 368 g/mol. The van der Waals surface area contributed by atoms with E-state index in [1.165, 1.54) is 24.3 Å². The molecule has 2 atom stereocenters. The van der Waals surface area contributed by atoms with Crippen molar-refractivity contribution in [3.63, 3.8) is 0 Å². The van der Waals surface area contributed by atoms with Crippen LogP contribution in [0.4, 0.5) is 0 Å². The summed E-state index contributed by atoms with van der Waals surface area (Å²) in [5, 5.41) is 18.8. The first-order chi connectivity index (χ1) is 10.2. The molecule has 0 spiro atoms. The van der Waals surface area contributed by atoms with Crippen molar-refractivity contribution in [2.75, 3.05) is 5.75 Å². The Morgan fingerprint density at radius 3 is 1.83 bits per heavy atom. The molecular formula is C13H20O8S2. The summed E-state index contributed by atoms with van der Waals surface area (Å²) in [6.07, 6.45) is -0.834. The second kappa shape index (κ2) is 6.46. The summed E-state index contributed by atoms with van der Waals surface area (Å²) < 4.78 is 63.9. The molecule has 2 unspecified atom stereocenters. The van der Waals surface area contributed by atoms with Crippen molar-refractivity contribution in [3.05, 3.63) is 35.9 Å². The number of aliphatic hydroxyl groups is 2. The Balaban J connectivity index is 3.41. The quantitative estimate of drug-likeness (QED) is 0.498. The van der Waals surface area contributed by atoms with Crippen LogP contribution in [0.2, 0.25) is 0 Å². The van der Waals surface area contributed by atoms with E-state index in [4.69, 9.17) is 4.55 Å². The molecule has 0 saturated heterocycles. The van der Waals surface area contributed by atoms with Gasteiger partial charge in [-0.1, -0.05) is 30.3 Å². The molecule has 0 aliphatic carbocycles. The van der Waals surface area contributed by atoms with E-state index in [1.54, 1.807) is 6.07 Å². The summed E-state index contributed by atoms with van der Waals surface area (Å²) in [7, 11) is -9.48. The highest BCUT2D eigenvalue weighted by molar-refractivity contribution is 7.86. The van der Waals surface area contributed by atoms with Crippen LogP contribution in [0.3, 0.4) is 0 Å². The van der Waals surface area contributed by atoms with Crippen LogP contribution in [0.15, 0.2) is 30.3 Å². The van der Waals surface area contributed by atoms with Crippen molar-refractivity contribution < 1.29 is 36.2 Å².